The molecular weight excluding hydrogens is 312 g/mol. The Kier molecular flexibility index (Phi) is 5.47. The molecule has 1 aliphatic rings. The average molecular weight is 338 g/mol. The average Bonchev–Trinajstić information content (AvgIpc) is 2.77. The van der Waals surface area contributed by atoms with Gasteiger partial charge in [0, 0.05) is 25.0 Å². The number of nitrogens with zero attached hydrogens (tertiary/aromatic N) is 1. The summed E-state index contributed by atoms with van der Waals surface area (Å²) in [6, 6.07) is 8.13. The molecule has 1 saturated heterocycles. The van der Waals surface area contributed by atoms with E-state index in [4.69, 9.17) is 0 Å². The van der Waals surface area contributed by atoms with Crippen molar-refractivity contribution in [3.05, 3.63) is 35.4 Å². The second kappa shape index (κ2) is 7.01. The third-order valence-electron chi connectivity index (χ3n) is 4.16. The molecule has 0 bridgehead atoms. The van der Waals surface area contributed by atoms with Crippen molar-refractivity contribution in [3.63, 3.8) is 0 Å². The molecule has 1 heterocycles. The summed E-state index contributed by atoms with van der Waals surface area (Å²) in [6.07, 6.45) is 1.60. The first kappa shape index (κ1) is 17.9. The number of benzene rings is 1. The van der Waals surface area contributed by atoms with Crippen LogP contribution >= 0.6 is 0 Å². The Morgan fingerprint density at radius 2 is 2.00 bits per heavy atom. The van der Waals surface area contributed by atoms with Crippen LogP contribution in [0.3, 0.4) is 0 Å². The molecule has 0 aliphatic carbocycles. The monoisotopic (exact) mass is 338 g/mol. The van der Waals surface area contributed by atoms with E-state index in [1.54, 1.807) is 0 Å². The third kappa shape index (κ3) is 5.04. The molecule has 23 heavy (non-hydrogen) atoms. The number of nitrogens with one attached hydrogen (secondary N) is 1. The van der Waals surface area contributed by atoms with Gasteiger partial charge >= 0.3 is 0 Å². The first-order valence-electron chi connectivity index (χ1n) is 8.03. The zero-order valence-corrected chi connectivity index (χ0v) is 14.9. The molecule has 128 valence electrons. The summed E-state index contributed by atoms with van der Waals surface area (Å²) in [5.41, 5.74) is 2.05. The fourth-order valence-corrected chi connectivity index (χ4v) is 4.47. The number of carbonyl (C=O) groups excluding carboxylic acids is 1. The van der Waals surface area contributed by atoms with Gasteiger partial charge in [-0.3, -0.25) is 4.79 Å². The molecule has 1 aromatic carbocycles. The lowest BCUT2D eigenvalue weighted by molar-refractivity contribution is -0.122. The van der Waals surface area contributed by atoms with Gasteiger partial charge in [-0.05, 0) is 44.7 Å². The lowest BCUT2D eigenvalue weighted by Gasteiger charge is -2.27. The Hall–Kier alpha value is -1.40. The summed E-state index contributed by atoms with van der Waals surface area (Å²) in [5, 5.41) is 3.02. The summed E-state index contributed by atoms with van der Waals surface area (Å²) in [5.74, 6) is 0.0959. The normalized spacial score (nSPS) is 18.0. The molecule has 0 unspecified atom stereocenters. The molecule has 2 rings (SSSR count). The van der Waals surface area contributed by atoms with E-state index in [0.717, 1.165) is 6.42 Å². The Balaban J connectivity index is 1.87. The number of amides is 1. The highest BCUT2D eigenvalue weighted by Gasteiger charge is 2.29. The largest absolute Gasteiger partial charge is 0.351 e. The number of carbonyl (C=O) groups is 1. The van der Waals surface area contributed by atoms with Crippen molar-refractivity contribution >= 4 is 15.9 Å². The van der Waals surface area contributed by atoms with Crippen LogP contribution in [0.15, 0.2) is 24.3 Å². The second-order valence-corrected chi connectivity index (χ2v) is 8.94. The Bertz CT molecular complexity index is 668. The highest BCUT2D eigenvalue weighted by molar-refractivity contribution is 7.89. The van der Waals surface area contributed by atoms with E-state index in [-0.39, 0.29) is 30.2 Å². The van der Waals surface area contributed by atoms with Crippen LogP contribution in [0.2, 0.25) is 0 Å². The van der Waals surface area contributed by atoms with E-state index in [0.29, 0.717) is 13.0 Å². The molecule has 1 amide bonds. The van der Waals surface area contributed by atoms with Crippen LogP contribution in [0.5, 0.6) is 0 Å². The van der Waals surface area contributed by atoms with Gasteiger partial charge in [-0.25, -0.2) is 12.7 Å². The molecule has 5 nitrogen and oxygen atoms in total. The minimum atomic E-state index is -3.13. The van der Waals surface area contributed by atoms with Crippen molar-refractivity contribution < 1.29 is 13.2 Å². The lowest BCUT2D eigenvalue weighted by atomic mass is 9.92. The fraction of sp³-hybridized carbons (Fsp3) is 0.588. The fourth-order valence-electron chi connectivity index (χ4n) is 2.94. The summed E-state index contributed by atoms with van der Waals surface area (Å²) in [4.78, 5) is 12.2. The van der Waals surface area contributed by atoms with Crippen LogP contribution in [-0.4, -0.2) is 43.0 Å². The minimum Gasteiger partial charge on any atom is -0.351 e. The molecule has 6 heteroatoms. The molecule has 1 N–H and O–H groups in total. The predicted octanol–water partition coefficient (Wildman–Crippen LogP) is 1.86. The number of hydrogen-bond acceptors (Lipinski definition) is 3. The van der Waals surface area contributed by atoms with Crippen LogP contribution in [0, 0.1) is 6.92 Å². The van der Waals surface area contributed by atoms with Crippen LogP contribution in [-0.2, 0) is 21.2 Å². The summed E-state index contributed by atoms with van der Waals surface area (Å²) < 4.78 is 24.9. The standard InChI is InChI=1S/C17H26N2O3S/c1-14-7-4-5-8-15(14)13-17(2,3)18-16(20)9-11-19-10-6-12-23(19,21)22/h4-5,7-8H,6,9-13H2,1-3H3,(H,18,20). The number of aryl methyl sites for hydroxylation is 1. The highest BCUT2D eigenvalue weighted by Crippen LogP contribution is 2.17. The molecule has 0 atom stereocenters. The van der Waals surface area contributed by atoms with Crippen molar-refractivity contribution in [2.45, 2.75) is 45.6 Å². The van der Waals surface area contributed by atoms with Gasteiger partial charge in [-0.2, -0.15) is 0 Å². The van der Waals surface area contributed by atoms with Gasteiger partial charge in [-0.15, -0.1) is 0 Å². The zero-order chi connectivity index (χ0) is 17.1. The first-order valence-corrected chi connectivity index (χ1v) is 9.64. The van der Waals surface area contributed by atoms with Crippen molar-refractivity contribution in [2.75, 3.05) is 18.8 Å². The SMILES string of the molecule is Cc1ccccc1CC(C)(C)NC(=O)CCN1CCCS1(=O)=O. The van der Waals surface area contributed by atoms with E-state index in [1.165, 1.54) is 15.4 Å². The van der Waals surface area contributed by atoms with Gasteiger partial charge < -0.3 is 5.32 Å². The minimum absolute atomic E-state index is 0.106. The number of rotatable bonds is 6. The van der Waals surface area contributed by atoms with Crippen LogP contribution in [0.25, 0.3) is 0 Å². The van der Waals surface area contributed by atoms with E-state index in [1.807, 2.05) is 26.0 Å². The van der Waals surface area contributed by atoms with E-state index < -0.39 is 10.0 Å². The molecule has 0 saturated carbocycles. The second-order valence-electron chi connectivity index (χ2n) is 6.85. The molecule has 0 radical (unpaired) electrons. The van der Waals surface area contributed by atoms with Gasteiger partial charge in [0.15, 0.2) is 0 Å². The predicted molar refractivity (Wildman–Crippen MR) is 91.7 cm³/mol. The van der Waals surface area contributed by atoms with Crippen LogP contribution < -0.4 is 5.32 Å². The van der Waals surface area contributed by atoms with Crippen molar-refractivity contribution in [1.82, 2.24) is 9.62 Å². The van der Waals surface area contributed by atoms with Crippen molar-refractivity contribution in [3.8, 4) is 0 Å². The highest BCUT2D eigenvalue weighted by atomic mass is 32.2. The van der Waals surface area contributed by atoms with Gasteiger partial charge in [0.2, 0.25) is 15.9 Å². The lowest BCUT2D eigenvalue weighted by Crippen LogP contribution is -2.46. The van der Waals surface area contributed by atoms with Crippen LogP contribution in [0.1, 0.15) is 37.8 Å². The first-order chi connectivity index (χ1) is 10.7. The maximum absolute atomic E-state index is 12.2. The molecule has 0 aromatic heterocycles. The van der Waals surface area contributed by atoms with E-state index in [2.05, 4.69) is 24.4 Å². The molecule has 1 aliphatic heterocycles. The number of sulfonamides is 1. The van der Waals surface area contributed by atoms with E-state index in [9.17, 15) is 13.2 Å². The molecule has 0 spiro atoms. The van der Waals surface area contributed by atoms with Crippen molar-refractivity contribution in [1.29, 1.82) is 0 Å². The molecule has 1 aromatic rings. The van der Waals surface area contributed by atoms with Gasteiger partial charge in [0.1, 0.15) is 0 Å². The molecule has 1 fully saturated rings. The third-order valence-corrected chi connectivity index (χ3v) is 6.12. The Morgan fingerprint density at radius 3 is 2.61 bits per heavy atom. The number of hydrogen-bond donors (Lipinski definition) is 1. The molecular formula is C17H26N2O3S. The summed E-state index contributed by atoms with van der Waals surface area (Å²) >= 11 is 0. The van der Waals surface area contributed by atoms with Crippen LogP contribution in [0.4, 0.5) is 0 Å². The Labute approximate surface area is 139 Å². The smallest absolute Gasteiger partial charge is 0.221 e. The maximum Gasteiger partial charge on any atom is 0.221 e. The van der Waals surface area contributed by atoms with Gasteiger partial charge in [-0.1, -0.05) is 24.3 Å². The Morgan fingerprint density at radius 1 is 1.30 bits per heavy atom. The quantitative estimate of drug-likeness (QED) is 0.861. The topological polar surface area (TPSA) is 66.5 Å². The van der Waals surface area contributed by atoms with Gasteiger partial charge in [0.25, 0.3) is 0 Å². The van der Waals surface area contributed by atoms with Gasteiger partial charge in [0.05, 0.1) is 5.75 Å². The summed E-state index contributed by atoms with van der Waals surface area (Å²) in [6.45, 7) is 6.84. The van der Waals surface area contributed by atoms with Crippen molar-refractivity contribution in [2.24, 2.45) is 0 Å². The summed E-state index contributed by atoms with van der Waals surface area (Å²) in [7, 11) is -3.13. The van der Waals surface area contributed by atoms with E-state index >= 15 is 0 Å². The zero-order valence-electron chi connectivity index (χ0n) is 14.1. The maximum atomic E-state index is 12.2.